The minimum absolute atomic E-state index is 0.378. The SMILES string of the molecule is C=C(B1OC(C)(C)C(C)(C)O1)c1ccc(OC)c(OC)c1. The van der Waals surface area contributed by atoms with E-state index in [1.807, 2.05) is 45.9 Å². The van der Waals surface area contributed by atoms with E-state index < -0.39 is 7.12 Å². The first-order chi connectivity index (χ1) is 9.71. The highest BCUT2D eigenvalue weighted by Gasteiger charge is 2.52. The Kier molecular flexibility index (Phi) is 4.09. The zero-order valence-electron chi connectivity index (χ0n) is 13.6. The van der Waals surface area contributed by atoms with Crippen molar-refractivity contribution in [2.45, 2.75) is 38.9 Å². The fourth-order valence-electron chi connectivity index (χ4n) is 2.16. The largest absolute Gasteiger partial charge is 0.494 e. The van der Waals surface area contributed by atoms with Crippen molar-refractivity contribution in [3.63, 3.8) is 0 Å². The van der Waals surface area contributed by atoms with Crippen LogP contribution in [0.2, 0.25) is 0 Å². The minimum Gasteiger partial charge on any atom is -0.493 e. The summed E-state index contributed by atoms with van der Waals surface area (Å²) in [6.45, 7) is 12.2. The molecule has 0 spiro atoms. The molecule has 0 saturated carbocycles. The van der Waals surface area contributed by atoms with E-state index in [1.165, 1.54) is 0 Å². The second kappa shape index (κ2) is 5.39. The number of benzene rings is 1. The third kappa shape index (κ3) is 2.80. The van der Waals surface area contributed by atoms with Crippen molar-refractivity contribution >= 4 is 12.6 Å². The molecule has 114 valence electrons. The number of hydrogen-bond acceptors (Lipinski definition) is 4. The molecule has 1 aromatic carbocycles. The fraction of sp³-hybridized carbons (Fsp3) is 0.500. The second-order valence-corrected chi connectivity index (χ2v) is 6.18. The smallest absolute Gasteiger partial charge is 0.493 e. The van der Waals surface area contributed by atoms with Gasteiger partial charge in [0.15, 0.2) is 11.5 Å². The van der Waals surface area contributed by atoms with Gasteiger partial charge in [0.05, 0.1) is 25.4 Å². The third-order valence-corrected chi connectivity index (χ3v) is 4.29. The Morgan fingerprint density at radius 3 is 2.00 bits per heavy atom. The van der Waals surface area contributed by atoms with Gasteiger partial charge in [0.2, 0.25) is 0 Å². The maximum Gasteiger partial charge on any atom is 0.494 e. The average Bonchev–Trinajstić information content (AvgIpc) is 2.65. The van der Waals surface area contributed by atoms with Gasteiger partial charge in [-0.25, -0.2) is 0 Å². The van der Waals surface area contributed by atoms with Crippen molar-refractivity contribution in [3.8, 4) is 11.5 Å². The zero-order valence-corrected chi connectivity index (χ0v) is 13.6. The Balaban J connectivity index is 2.26. The van der Waals surface area contributed by atoms with Gasteiger partial charge in [-0.2, -0.15) is 0 Å². The normalized spacial score (nSPS) is 19.4. The molecular formula is C16H23BO4. The molecule has 1 aliphatic heterocycles. The summed E-state index contributed by atoms with van der Waals surface area (Å²) < 4.78 is 22.6. The predicted molar refractivity (Wildman–Crippen MR) is 84.7 cm³/mol. The van der Waals surface area contributed by atoms with Gasteiger partial charge in [-0.15, -0.1) is 0 Å². The summed E-state index contributed by atoms with van der Waals surface area (Å²) in [7, 11) is 2.76. The van der Waals surface area contributed by atoms with E-state index >= 15 is 0 Å². The summed E-state index contributed by atoms with van der Waals surface area (Å²) >= 11 is 0. The number of rotatable bonds is 4. The summed E-state index contributed by atoms with van der Waals surface area (Å²) in [5.41, 5.74) is 0.926. The van der Waals surface area contributed by atoms with Crippen molar-refractivity contribution in [1.82, 2.24) is 0 Å². The Morgan fingerprint density at radius 1 is 1.00 bits per heavy atom. The van der Waals surface area contributed by atoms with Crippen LogP contribution < -0.4 is 9.47 Å². The first-order valence-corrected chi connectivity index (χ1v) is 6.98. The van der Waals surface area contributed by atoms with E-state index in [1.54, 1.807) is 14.2 Å². The Bertz CT molecular complexity index is 535. The monoisotopic (exact) mass is 290 g/mol. The van der Waals surface area contributed by atoms with Crippen LogP contribution in [0.4, 0.5) is 0 Å². The van der Waals surface area contributed by atoms with Gasteiger partial charge in [0.1, 0.15) is 0 Å². The zero-order chi connectivity index (χ0) is 15.8. The molecule has 2 rings (SSSR count). The highest BCUT2D eigenvalue weighted by molar-refractivity contribution is 6.68. The molecule has 4 nitrogen and oxygen atoms in total. The van der Waals surface area contributed by atoms with Gasteiger partial charge < -0.3 is 18.8 Å². The van der Waals surface area contributed by atoms with E-state index in [0.29, 0.717) is 11.5 Å². The van der Waals surface area contributed by atoms with Gasteiger partial charge in [0, 0.05) is 0 Å². The molecule has 1 fully saturated rings. The van der Waals surface area contributed by atoms with Crippen molar-refractivity contribution in [2.75, 3.05) is 14.2 Å². The predicted octanol–water partition coefficient (Wildman–Crippen LogP) is 3.35. The summed E-state index contributed by atoms with van der Waals surface area (Å²) in [4.78, 5) is 0. The topological polar surface area (TPSA) is 36.9 Å². The number of methoxy groups -OCH3 is 2. The van der Waals surface area contributed by atoms with E-state index in [2.05, 4.69) is 6.58 Å². The lowest BCUT2D eigenvalue weighted by atomic mass is 9.75. The first kappa shape index (κ1) is 15.9. The minimum atomic E-state index is -0.465. The molecule has 5 heteroatoms. The molecule has 1 saturated heterocycles. The fourth-order valence-corrected chi connectivity index (χ4v) is 2.16. The van der Waals surface area contributed by atoms with Crippen LogP contribution in [0, 0.1) is 0 Å². The Hall–Kier alpha value is -1.46. The summed E-state index contributed by atoms with van der Waals surface area (Å²) in [5.74, 6) is 1.34. The summed E-state index contributed by atoms with van der Waals surface area (Å²) in [6.07, 6.45) is 0. The number of ether oxygens (including phenoxy) is 2. The van der Waals surface area contributed by atoms with Crippen LogP contribution in [0.1, 0.15) is 33.3 Å². The second-order valence-electron chi connectivity index (χ2n) is 6.18. The highest BCUT2D eigenvalue weighted by atomic mass is 16.7. The molecule has 0 bridgehead atoms. The standard InChI is InChI=1S/C16H23BO4/c1-11(17-20-15(2,3)16(4,5)21-17)12-8-9-13(18-6)14(10-12)19-7/h8-10H,1H2,2-7H3. The van der Waals surface area contributed by atoms with Gasteiger partial charge in [-0.1, -0.05) is 12.6 Å². The van der Waals surface area contributed by atoms with Crippen molar-refractivity contribution in [1.29, 1.82) is 0 Å². The molecule has 0 aliphatic carbocycles. The van der Waals surface area contributed by atoms with Crippen LogP contribution in [-0.4, -0.2) is 32.5 Å². The van der Waals surface area contributed by atoms with Crippen LogP contribution in [-0.2, 0) is 9.31 Å². The van der Waals surface area contributed by atoms with Crippen LogP contribution in [0.25, 0.3) is 5.47 Å². The molecule has 0 radical (unpaired) electrons. The Labute approximate surface area is 127 Å². The molecule has 21 heavy (non-hydrogen) atoms. The molecule has 1 aliphatic rings. The van der Waals surface area contributed by atoms with E-state index in [-0.39, 0.29) is 11.2 Å². The van der Waals surface area contributed by atoms with E-state index in [0.717, 1.165) is 11.0 Å². The maximum atomic E-state index is 6.02. The average molecular weight is 290 g/mol. The highest BCUT2D eigenvalue weighted by Crippen LogP contribution is 2.41. The lowest BCUT2D eigenvalue weighted by molar-refractivity contribution is 0.00578. The lowest BCUT2D eigenvalue weighted by Crippen LogP contribution is -2.41. The maximum absolute atomic E-state index is 6.02. The molecular weight excluding hydrogens is 267 g/mol. The molecule has 0 atom stereocenters. The molecule has 0 amide bonds. The van der Waals surface area contributed by atoms with Crippen LogP contribution >= 0.6 is 0 Å². The van der Waals surface area contributed by atoms with Gasteiger partial charge in [-0.3, -0.25) is 0 Å². The van der Waals surface area contributed by atoms with Crippen molar-refractivity contribution in [2.24, 2.45) is 0 Å². The van der Waals surface area contributed by atoms with Crippen molar-refractivity contribution < 1.29 is 18.8 Å². The number of hydrogen-bond donors (Lipinski definition) is 0. The van der Waals surface area contributed by atoms with E-state index in [4.69, 9.17) is 18.8 Å². The third-order valence-electron chi connectivity index (χ3n) is 4.29. The lowest BCUT2D eigenvalue weighted by Gasteiger charge is -2.32. The van der Waals surface area contributed by atoms with Gasteiger partial charge in [-0.05, 0) is 50.9 Å². The first-order valence-electron chi connectivity index (χ1n) is 6.98. The summed E-state index contributed by atoms with van der Waals surface area (Å²) in [6, 6.07) is 5.66. The van der Waals surface area contributed by atoms with Crippen LogP contribution in [0.3, 0.4) is 0 Å². The van der Waals surface area contributed by atoms with Gasteiger partial charge >= 0.3 is 7.12 Å². The van der Waals surface area contributed by atoms with Crippen molar-refractivity contribution in [3.05, 3.63) is 30.3 Å². The molecule has 1 aromatic rings. The summed E-state index contributed by atoms with van der Waals surface area (Å²) in [5, 5.41) is 0. The molecule has 0 aromatic heterocycles. The van der Waals surface area contributed by atoms with E-state index in [9.17, 15) is 0 Å². The van der Waals surface area contributed by atoms with Crippen LogP contribution in [0.15, 0.2) is 24.8 Å². The van der Waals surface area contributed by atoms with Crippen LogP contribution in [0.5, 0.6) is 11.5 Å². The quantitative estimate of drug-likeness (QED) is 0.797. The molecule has 0 N–H and O–H groups in total. The Morgan fingerprint density at radius 2 is 1.52 bits per heavy atom. The molecule has 1 heterocycles. The molecule has 0 unspecified atom stereocenters. The van der Waals surface area contributed by atoms with Gasteiger partial charge in [0.25, 0.3) is 0 Å².